The molecule has 1 aliphatic carbocycles. The molecule has 44 heavy (non-hydrogen) atoms. The number of ether oxygens (including phenoxy) is 1. The number of nitrogens with zero attached hydrogens (tertiary/aromatic N) is 1. The van der Waals surface area contributed by atoms with E-state index >= 15 is 0 Å². The molecule has 236 valence electrons. The summed E-state index contributed by atoms with van der Waals surface area (Å²) in [6, 6.07) is 12.7. The summed E-state index contributed by atoms with van der Waals surface area (Å²) in [6.45, 7) is 0.444. The van der Waals surface area contributed by atoms with Crippen LogP contribution in [0.1, 0.15) is 16.7 Å². The van der Waals surface area contributed by atoms with Gasteiger partial charge in [-0.1, -0.05) is 6.07 Å². The first-order valence-electron chi connectivity index (χ1n) is 12.1. The minimum Gasteiger partial charge on any atom is -0.475 e. The molecule has 0 bridgehead atoms. The average Bonchev–Trinajstić information content (AvgIpc) is 3.55. The highest BCUT2D eigenvalue weighted by Gasteiger charge is 2.38. The van der Waals surface area contributed by atoms with Gasteiger partial charge >= 0.3 is 24.3 Å². The lowest BCUT2D eigenvalue weighted by Gasteiger charge is -2.13. The third-order valence-electron chi connectivity index (χ3n) is 5.87. The molecule has 1 aliphatic rings. The summed E-state index contributed by atoms with van der Waals surface area (Å²) in [5, 5.41) is 17.6. The zero-order chi connectivity index (χ0) is 32.8. The number of aromatic amines is 1. The molecule has 17 heteroatoms. The van der Waals surface area contributed by atoms with Crippen LogP contribution in [-0.2, 0) is 29.0 Å². The summed E-state index contributed by atoms with van der Waals surface area (Å²) in [6.07, 6.45) is -7.34. The Kier molecular flexibility index (Phi) is 10.5. The highest BCUT2D eigenvalue weighted by molar-refractivity contribution is 5.76. The van der Waals surface area contributed by atoms with Gasteiger partial charge in [0, 0.05) is 18.7 Å². The maximum atomic E-state index is 14.5. The molecule has 5 rings (SSSR count). The Morgan fingerprint density at radius 1 is 0.841 bits per heavy atom. The van der Waals surface area contributed by atoms with Gasteiger partial charge in [0.2, 0.25) is 0 Å². The Morgan fingerprint density at radius 3 is 1.89 bits per heavy atom. The quantitative estimate of drug-likeness (QED) is 0.190. The molecule has 0 saturated heterocycles. The minimum absolute atomic E-state index is 0.0563. The van der Waals surface area contributed by atoms with E-state index in [4.69, 9.17) is 24.5 Å². The average molecular weight is 637 g/mol. The Hall–Kier alpha value is -4.80. The summed E-state index contributed by atoms with van der Waals surface area (Å²) in [5.74, 6) is -6.98. The Balaban J connectivity index is 0.000000317. The van der Waals surface area contributed by atoms with Crippen LogP contribution in [0.3, 0.4) is 0 Å². The number of nitrogens with one attached hydrogen (secondary N) is 2. The largest absolute Gasteiger partial charge is 0.490 e. The van der Waals surface area contributed by atoms with Gasteiger partial charge in [-0.2, -0.15) is 26.3 Å². The number of H-pyrrole nitrogens is 1. The molecule has 0 atom stereocenters. The number of aromatic nitrogens is 2. The molecule has 0 radical (unpaired) electrons. The van der Waals surface area contributed by atoms with Crippen LogP contribution < -0.4 is 10.1 Å². The highest BCUT2D eigenvalue weighted by Crippen LogP contribution is 2.28. The third kappa shape index (κ3) is 9.35. The van der Waals surface area contributed by atoms with Gasteiger partial charge in [-0.3, -0.25) is 0 Å². The van der Waals surface area contributed by atoms with Crippen molar-refractivity contribution in [3.63, 3.8) is 0 Å². The number of carbonyl (C=O) groups is 2. The summed E-state index contributed by atoms with van der Waals surface area (Å²) < 4.78 is 110. The van der Waals surface area contributed by atoms with Crippen molar-refractivity contribution < 1.29 is 64.1 Å². The molecule has 0 saturated carbocycles. The van der Waals surface area contributed by atoms with Crippen LogP contribution in [0.4, 0.5) is 39.5 Å². The van der Waals surface area contributed by atoms with Gasteiger partial charge in [-0.05, 0) is 65.9 Å². The molecule has 1 heterocycles. The lowest BCUT2D eigenvalue weighted by atomic mass is 10.1. The fraction of sp³-hybridized carbons (Fsp3) is 0.222. The van der Waals surface area contributed by atoms with Gasteiger partial charge in [0.25, 0.3) is 0 Å². The smallest absolute Gasteiger partial charge is 0.475 e. The van der Waals surface area contributed by atoms with Crippen molar-refractivity contribution in [3.05, 3.63) is 89.0 Å². The first kappa shape index (κ1) is 33.7. The van der Waals surface area contributed by atoms with Crippen LogP contribution in [0.15, 0.2) is 54.9 Å². The molecule has 0 amide bonds. The lowest BCUT2D eigenvalue weighted by molar-refractivity contribution is -0.193. The number of aliphatic carboxylic acids is 2. The van der Waals surface area contributed by atoms with E-state index < -0.39 is 41.7 Å². The number of rotatable bonds is 5. The molecule has 1 aromatic heterocycles. The maximum Gasteiger partial charge on any atom is 0.490 e. The van der Waals surface area contributed by atoms with E-state index in [1.165, 1.54) is 18.2 Å². The summed E-state index contributed by atoms with van der Waals surface area (Å²) in [4.78, 5) is 24.9. The van der Waals surface area contributed by atoms with Crippen LogP contribution in [0.2, 0.25) is 0 Å². The summed E-state index contributed by atoms with van der Waals surface area (Å²) in [5.41, 5.74) is 4.01. The van der Waals surface area contributed by atoms with Crippen molar-refractivity contribution in [2.75, 3.05) is 0 Å². The summed E-state index contributed by atoms with van der Waals surface area (Å²) >= 11 is 0. The molecular weight excluding hydrogens is 617 g/mol. The van der Waals surface area contributed by atoms with Gasteiger partial charge in [0.15, 0.2) is 23.2 Å². The van der Waals surface area contributed by atoms with E-state index in [1.807, 2.05) is 6.07 Å². The molecule has 3 aromatic carbocycles. The molecule has 0 spiro atoms. The number of imidazole rings is 1. The fourth-order valence-corrected chi connectivity index (χ4v) is 3.86. The number of benzene rings is 3. The number of fused-ring (bicyclic) bond motifs is 2. The number of carboxylic acids is 2. The topological polar surface area (TPSA) is 125 Å². The van der Waals surface area contributed by atoms with Crippen molar-refractivity contribution in [1.82, 2.24) is 15.3 Å². The van der Waals surface area contributed by atoms with E-state index in [1.54, 1.807) is 30.6 Å². The predicted octanol–water partition coefficient (Wildman–Crippen LogP) is 6.30. The Morgan fingerprint density at radius 2 is 1.39 bits per heavy atom. The first-order valence-corrected chi connectivity index (χ1v) is 12.1. The molecule has 4 N–H and O–H groups in total. The zero-order valence-electron chi connectivity index (χ0n) is 21.9. The number of hydrogen-bond donors (Lipinski definition) is 4. The van der Waals surface area contributed by atoms with Crippen LogP contribution in [0.5, 0.6) is 11.5 Å². The standard InChI is InChI=1S/C23H18F3N3O.2C2HF3O2/c24-18-8-14-6-16(7-15(14)9-19(18)25)27-11-13-1-4-23(20(26)5-13)30-17-2-3-21-22(10-17)29-12-28-21;2*3-2(4,5)1(6)7/h1-5,8-10,12,16,27H,6-7,11H2,(H,28,29);2*(H,6,7). The van der Waals surface area contributed by atoms with E-state index in [0.29, 0.717) is 25.1 Å². The zero-order valence-corrected chi connectivity index (χ0v) is 21.9. The first-order chi connectivity index (χ1) is 20.4. The van der Waals surface area contributed by atoms with Crippen LogP contribution >= 0.6 is 0 Å². The van der Waals surface area contributed by atoms with Crippen molar-refractivity contribution >= 4 is 23.0 Å². The van der Waals surface area contributed by atoms with Gasteiger partial charge < -0.3 is 25.3 Å². The van der Waals surface area contributed by atoms with Gasteiger partial charge in [0.05, 0.1) is 17.4 Å². The van der Waals surface area contributed by atoms with E-state index in [2.05, 4.69) is 15.3 Å². The second kappa shape index (κ2) is 13.7. The molecule has 4 aromatic rings. The fourth-order valence-electron chi connectivity index (χ4n) is 3.86. The predicted molar refractivity (Wildman–Crippen MR) is 134 cm³/mol. The Labute approximate surface area is 241 Å². The Bertz CT molecular complexity index is 1580. The van der Waals surface area contributed by atoms with Crippen LogP contribution in [0, 0.1) is 17.5 Å². The third-order valence-corrected chi connectivity index (χ3v) is 5.87. The van der Waals surface area contributed by atoms with E-state index in [-0.39, 0.29) is 11.8 Å². The molecule has 8 nitrogen and oxygen atoms in total. The van der Waals surface area contributed by atoms with E-state index in [0.717, 1.165) is 27.7 Å². The monoisotopic (exact) mass is 637 g/mol. The lowest BCUT2D eigenvalue weighted by Crippen LogP contribution is -2.28. The molecule has 0 fully saturated rings. The second-order valence-electron chi connectivity index (χ2n) is 9.08. The minimum atomic E-state index is -5.08. The van der Waals surface area contributed by atoms with Crippen molar-refractivity contribution in [2.45, 2.75) is 37.8 Å². The van der Waals surface area contributed by atoms with Crippen molar-refractivity contribution in [2.24, 2.45) is 0 Å². The second-order valence-corrected chi connectivity index (χ2v) is 9.08. The summed E-state index contributed by atoms with van der Waals surface area (Å²) in [7, 11) is 0. The van der Waals surface area contributed by atoms with Crippen LogP contribution in [-0.4, -0.2) is 50.5 Å². The van der Waals surface area contributed by atoms with Gasteiger partial charge in [-0.15, -0.1) is 0 Å². The normalized spacial score (nSPS) is 12.9. The van der Waals surface area contributed by atoms with Gasteiger partial charge in [-0.25, -0.2) is 27.7 Å². The number of carboxylic acid groups (broad SMARTS) is 2. The van der Waals surface area contributed by atoms with Crippen molar-refractivity contribution in [3.8, 4) is 11.5 Å². The maximum absolute atomic E-state index is 14.5. The molecular formula is C27H20F9N3O5. The SMILES string of the molecule is Fc1cc2c(cc1F)CC(NCc1ccc(Oc3ccc4[nH]cnc4c3)c(F)c1)C2.O=C(O)C(F)(F)F.O=C(O)C(F)(F)F. The van der Waals surface area contributed by atoms with Gasteiger partial charge in [0.1, 0.15) is 5.75 Å². The number of halogens is 9. The van der Waals surface area contributed by atoms with Crippen molar-refractivity contribution in [1.29, 1.82) is 0 Å². The molecule has 0 aliphatic heterocycles. The van der Waals surface area contributed by atoms with Crippen LogP contribution in [0.25, 0.3) is 11.0 Å². The highest BCUT2D eigenvalue weighted by atomic mass is 19.4. The van der Waals surface area contributed by atoms with E-state index in [9.17, 15) is 39.5 Å². The number of hydrogen-bond acceptors (Lipinski definition) is 5. The molecule has 0 unspecified atom stereocenters. The number of alkyl halides is 6.